The van der Waals surface area contributed by atoms with Gasteiger partial charge in [-0.2, -0.15) is 13.2 Å². The molecule has 0 aromatic rings. The van der Waals surface area contributed by atoms with E-state index in [0.29, 0.717) is 0 Å². The van der Waals surface area contributed by atoms with Crippen LogP contribution in [0.15, 0.2) is 0 Å². The molecule has 2 nitrogen and oxygen atoms in total. The lowest BCUT2D eigenvalue weighted by molar-refractivity contribution is -0.0420. The summed E-state index contributed by atoms with van der Waals surface area (Å²) in [7, 11) is -7.81. The molecule has 0 saturated carbocycles. The molecular weight excluding hydrogens is 293 g/mol. The van der Waals surface area contributed by atoms with Gasteiger partial charge in [0, 0.05) is 5.25 Å². The van der Waals surface area contributed by atoms with Crippen LogP contribution in [0.4, 0.5) is 13.2 Å². The molecule has 0 amide bonds. The summed E-state index contributed by atoms with van der Waals surface area (Å²) in [4.78, 5) is 0. The van der Waals surface area contributed by atoms with Crippen molar-refractivity contribution in [2.75, 3.05) is 0 Å². The summed E-state index contributed by atoms with van der Waals surface area (Å²) >= 11 is 0. The van der Waals surface area contributed by atoms with Gasteiger partial charge in [0.15, 0.2) is 0 Å². The van der Waals surface area contributed by atoms with Gasteiger partial charge in [-0.05, 0) is 16.6 Å². The molecule has 0 aliphatic carbocycles. The maximum atomic E-state index is 12.3. The van der Waals surface area contributed by atoms with Gasteiger partial charge in [0.25, 0.3) is 0 Å². The first-order valence-corrected chi connectivity index (χ1v) is 9.85. The second-order valence-corrected chi connectivity index (χ2v) is 12.8. The van der Waals surface area contributed by atoms with Crippen LogP contribution >= 0.6 is 0 Å². The molecule has 0 heterocycles. The van der Waals surface area contributed by atoms with E-state index < -0.39 is 23.4 Å². The minimum Gasteiger partial charge on any atom is -0.206 e. The summed E-state index contributed by atoms with van der Waals surface area (Å²) in [5, 5.41) is 1.54. The molecule has 0 aromatic carbocycles. The highest BCUT2D eigenvalue weighted by Gasteiger charge is 2.46. The van der Waals surface area contributed by atoms with E-state index in [9.17, 15) is 21.6 Å². The second-order valence-electron chi connectivity index (χ2n) is 5.57. The molecule has 19 heavy (non-hydrogen) atoms. The van der Waals surface area contributed by atoms with Gasteiger partial charge in [0.2, 0.25) is 0 Å². The fourth-order valence-electron chi connectivity index (χ4n) is 2.65. The van der Waals surface area contributed by atoms with Gasteiger partial charge in [-0.25, -0.2) is 8.42 Å². The maximum absolute atomic E-state index is 12.3. The van der Waals surface area contributed by atoms with E-state index in [4.69, 9.17) is 0 Å². The first-order valence-electron chi connectivity index (χ1n) is 6.14. The Labute approximate surface area is 114 Å². The molecule has 0 aliphatic heterocycles. The molecule has 0 rings (SSSR count). The first-order chi connectivity index (χ1) is 8.29. The summed E-state index contributed by atoms with van der Waals surface area (Å²) < 4.78 is 59.2. The molecule has 0 aromatic heterocycles. The molecule has 0 N–H and O–H groups in total. The van der Waals surface area contributed by atoms with Crippen molar-refractivity contribution >= 4 is 17.9 Å². The Morgan fingerprint density at radius 2 is 1.21 bits per heavy atom. The molecule has 0 radical (unpaired) electrons. The molecule has 0 atom stereocenters. The van der Waals surface area contributed by atoms with Crippen LogP contribution in [0.5, 0.6) is 0 Å². The van der Waals surface area contributed by atoms with Crippen molar-refractivity contribution in [3.63, 3.8) is 0 Å². The number of sulfone groups is 1. The topological polar surface area (TPSA) is 34.1 Å². The Kier molecular flexibility index (Phi) is 5.73. The van der Waals surface area contributed by atoms with Crippen LogP contribution in [0, 0.1) is 10.8 Å². The van der Waals surface area contributed by atoms with Crippen LogP contribution in [0.3, 0.4) is 0 Å². The zero-order chi connectivity index (χ0) is 15.6. The minimum atomic E-state index is -5.36. The van der Waals surface area contributed by atoms with Crippen LogP contribution in [0.2, 0.25) is 16.6 Å². The van der Waals surface area contributed by atoms with Gasteiger partial charge in [-0.15, -0.1) is 5.54 Å². The van der Waals surface area contributed by atoms with E-state index >= 15 is 0 Å². The highest BCUT2D eigenvalue weighted by molar-refractivity contribution is 7.96. The molecule has 0 saturated heterocycles. The predicted octanol–water partition coefficient (Wildman–Crippen LogP) is 4.10. The summed E-state index contributed by atoms with van der Waals surface area (Å²) in [6.07, 6.45) is 0. The number of hydrogen-bond acceptors (Lipinski definition) is 2. The van der Waals surface area contributed by atoms with Crippen LogP contribution in [0.25, 0.3) is 0 Å². The van der Waals surface area contributed by atoms with Crippen molar-refractivity contribution < 1.29 is 21.6 Å². The normalized spacial score (nSPS) is 13.9. The molecule has 0 bridgehead atoms. The quantitative estimate of drug-likeness (QED) is 0.580. The Morgan fingerprint density at radius 3 is 1.42 bits per heavy atom. The molecule has 0 aliphatic rings. The van der Waals surface area contributed by atoms with Crippen molar-refractivity contribution in [3.8, 4) is 10.8 Å². The lowest BCUT2D eigenvalue weighted by Gasteiger charge is -2.37. The van der Waals surface area contributed by atoms with Crippen molar-refractivity contribution in [2.45, 2.75) is 63.7 Å². The van der Waals surface area contributed by atoms with Crippen LogP contribution in [-0.4, -0.2) is 22.0 Å². The molecule has 112 valence electrons. The van der Waals surface area contributed by atoms with Gasteiger partial charge in [0.1, 0.15) is 8.07 Å². The van der Waals surface area contributed by atoms with E-state index in [2.05, 4.69) is 5.54 Å². The van der Waals surface area contributed by atoms with Gasteiger partial charge in [-0.1, -0.05) is 41.5 Å². The second kappa shape index (κ2) is 5.88. The average Bonchev–Trinajstić information content (AvgIpc) is 2.14. The highest BCUT2D eigenvalue weighted by Crippen LogP contribution is 2.41. The van der Waals surface area contributed by atoms with Crippen molar-refractivity contribution in [3.05, 3.63) is 0 Å². The third-order valence-corrected chi connectivity index (χ3v) is 11.0. The van der Waals surface area contributed by atoms with E-state index in [1.54, 1.807) is 5.25 Å². The maximum Gasteiger partial charge on any atom is 0.509 e. The molecule has 0 spiro atoms. The molecule has 7 heteroatoms. The predicted molar refractivity (Wildman–Crippen MR) is 73.8 cm³/mol. The van der Waals surface area contributed by atoms with E-state index in [1.807, 2.05) is 41.5 Å². The van der Waals surface area contributed by atoms with Crippen LogP contribution in [-0.2, 0) is 9.84 Å². The first kappa shape index (κ1) is 18.5. The smallest absolute Gasteiger partial charge is 0.206 e. The largest absolute Gasteiger partial charge is 0.509 e. The SMILES string of the molecule is CC(C)[Si](C#CS(=O)(=O)C(F)(F)F)(C(C)C)C(C)C. The Morgan fingerprint density at radius 1 is 0.895 bits per heavy atom. The summed E-state index contributed by atoms with van der Waals surface area (Å²) in [6.45, 7) is 11.4. The number of halogens is 3. The van der Waals surface area contributed by atoms with Crippen molar-refractivity contribution in [1.29, 1.82) is 0 Å². The van der Waals surface area contributed by atoms with Gasteiger partial charge in [-0.3, -0.25) is 0 Å². The minimum absolute atomic E-state index is 0.0865. The third kappa shape index (κ3) is 3.75. The Bertz CT molecular complexity index is 446. The van der Waals surface area contributed by atoms with Crippen LogP contribution < -0.4 is 0 Å². The number of hydrogen-bond donors (Lipinski definition) is 0. The standard InChI is InChI=1S/C12H21F3O2SSi/c1-9(2)19(10(3)4,11(5)6)8-7-18(16,17)12(13,14)15/h9-11H,1-6H3. The fraction of sp³-hybridized carbons (Fsp3) is 0.833. The zero-order valence-electron chi connectivity index (χ0n) is 12.1. The fourth-order valence-corrected chi connectivity index (χ4v) is 8.87. The van der Waals surface area contributed by atoms with Gasteiger partial charge in [0.05, 0.1) is 0 Å². The van der Waals surface area contributed by atoms with E-state index in [0.717, 1.165) is 0 Å². The van der Waals surface area contributed by atoms with E-state index in [-0.39, 0.29) is 16.6 Å². The summed E-state index contributed by atoms with van der Waals surface area (Å²) in [6, 6.07) is 0. The van der Waals surface area contributed by atoms with Gasteiger partial charge < -0.3 is 0 Å². The number of rotatable bonds is 3. The van der Waals surface area contributed by atoms with Crippen molar-refractivity contribution in [2.24, 2.45) is 0 Å². The Hall–Kier alpha value is -0.483. The molecule has 0 fully saturated rings. The molecular formula is C12H21F3O2SSi. The van der Waals surface area contributed by atoms with Crippen LogP contribution in [0.1, 0.15) is 41.5 Å². The van der Waals surface area contributed by atoms with Crippen molar-refractivity contribution in [1.82, 2.24) is 0 Å². The number of alkyl halides is 3. The lowest BCUT2D eigenvalue weighted by atomic mass is 10.5. The van der Waals surface area contributed by atoms with E-state index in [1.165, 1.54) is 0 Å². The highest BCUT2D eigenvalue weighted by atomic mass is 32.2. The summed E-state index contributed by atoms with van der Waals surface area (Å²) in [5.41, 5.74) is -2.48. The average molecular weight is 314 g/mol. The monoisotopic (exact) mass is 314 g/mol. The lowest BCUT2D eigenvalue weighted by Crippen LogP contribution is -2.43. The summed E-state index contributed by atoms with van der Waals surface area (Å²) in [5.74, 6) is 0. The third-order valence-electron chi connectivity index (χ3n) is 3.57. The van der Waals surface area contributed by atoms with Gasteiger partial charge >= 0.3 is 15.3 Å². The Balaban J connectivity index is 5.91. The molecule has 0 unspecified atom stereocenters. The zero-order valence-corrected chi connectivity index (χ0v) is 13.9.